The highest BCUT2D eigenvalue weighted by Gasteiger charge is 2.22. The van der Waals surface area contributed by atoms with Crippen LogP contribution in [0.25, 0.3) is 0 Å². The van der Waals surface area contributed by atoms with Gasteiger partial charge in [0.2, 0.25) is 0 Å². The summed E-state index contributed by atoms with van der Waals surface area (Å²) >= 11 is 0. The van der Waals surface area contributed by atoms with E-state index in [1.807, 2.05) is 6.07 Å². The molecule has 0 spiro atoms. The van der Waals surface area contributed by atoms with Crippen molar-refractivity contribution in [2.24, 2.45) is 5.92 Å². The summed E-state index contributed by atoms with van der Waals surface area (Å²) in [6, 6.07) is 7.79. The predicted molar refractivity (Wildman–Crippen MR) is 64.8 cm³/mol. The number of nitriles is 1. The van der Waals surface area contributed by atoms with E-state index in [1.54, 1.807) is 13.0 Å². The van der Waals surface area contributed by atoms with Gasteiger partial charge in [0.15, 0.2) is 0 Å². The van der Waals surface area contributed by atoms with E-state index in [0.717, 1.165) is 0 Å². The second-order valence-corrected chi connectivity index (χ2v) is 3.99. The maximum absolute atomic E-state index is 12.0. The van der Waals surface area contributed by atoms with Crippen molar-refractivity contribution in [3.05, 3.63) is 39.9 Å². The van der Waals surface area contributed by atoms with Crippen LogP contribution in [-0.2, 0) is 0 Å². The Morgan fingerprint density at radius 1 is 1.56 bits per heavy atom. The fraction of sp³-hybridized carbons (Fsp3) is 0.333. The van der Waals surface area contributed by atoms with E-state index >= 15 is 0 Å². The molecular formula is C12H13N3O3. The smallest absolute Gasteiger partial charge is 0.282 e. The van der Waals surface area contributed by atoms with Crippen molar-refractivity contribution in [3.8, 4) is 6.07 Å². The Hall–Kier alpha value is -2.42. The zero-order chi connectivity index (χ0) is 13.7. The number of nitro groups is 1. The molecule has 94 valence electrons. The predicted octanol–water partition coefficient (Wildman–Crippen LogP) is 1.83. The van der Waals surface area contributed by atoms with Crippen LogP contribution in [0.1, 0.15) is 17.3 Å². The molecule has 6 heteroatoms. The van der Waals surface area contributed by atoms with Crippen LogP contribution < -0.4 is 0 Å². The van der Waals surface area contributed by atoms with Crippen LogP contribution in [-0.4, -0.2) is 29.3 Å². The molecule has 0 aliphatic heterocycles. The van der Waals surface area contributed by atoms with Gasteiger partial charge in [-0.25, -0.2) is 0 Å². The van der Waals surface area contributed by atoms with Gasteiger partial charge in [0.25, 0.3) is 11.6 Å². The van der Waals surface area contributed by atoms with Gasteiger partial charge in [-0.15, -0.1) is 0 Å². The lowest BCUT2D eigenvalue weighted by molar-refractivity contribution is -0.385. The molecular weight excluding hydrogens is 234 g/mol. The first-order valence-electron chi connectivity index (χ1n) is 5.36. The Labute approximate surface area is 105 Å². The zero-order valence-corrected chi connectivity index (χ0v) is 10.2. The molecule has 1 unspecified atom stereocenters. The third-order valence-corrected chi connectivity index (χ3v) is 2.45. The first kappa shape index (κ1) is 13.6. The van der Waals surface area contributed by atoms with Crippen LogP contribution in [0.5, 0.6) is 0 Å². The van der Waals surface area contributed by atoms with Crippen molar-refractivity contribution in [2.45, 2.75) is 6.92 Å². The molecule has 0 aromatic heterocycles. The molecule has 18 heavy (non-hydrogen) atoms. The minimum absolute atomic E-state index is 0.0372. The van der Waals surface area contributed by atoms with E-state index in [2.05, 4.69) is 0 Å². The van der Waals surface area contributed by atoms with Crippen molar-refractivity contribution in [1.82, 2.24) is 4.90 Å². The van der Waals surface area contributed by atoms with E-state index < -0.39 is 10.8 Å². The minimum atomic E-state index is -0.588. The zero-order valence-electron chi connectivity index (χ0n) is 10.2. The van der Waals surface area contributed by atoms with Gasteiger partial charge in [0.05, 0.1) is 16.9 Å². The molecule has 0 fully saturated rings. The molecule has 1 aromatic rings. The lowest BCUT2D eigenvalue weighted by Crippen LogP contribution is -2.31. The standard InChI is InChI=1S/C12H13N3O3/c1-9(7-13)8-14(2)12(16)10-5-3-4-6-11(10)15(17)18/h3-6,9H,8H2,1-2H3. The molecule has 0 saturated heterocycles. The highest BCUT2D eigenvalue weighted by molar-refractivity contribution is 5.97. The van der Waals surface area contributed by atoms with Gasteiger partial charge in [-0.3, -0.25) is 14.9 Å². The van der Waals surface area contributed by atoms with E-state index in [4.69, 9.17) is 5.26 Å². The lowest BCUT2D eigenvalue weighted by Gasteiger charge is -2.18. The van der Waals surface area contributed by atoms with Crippen molar-refractivity contribution in [3.63, 3.8) is 0 Å². The van der Waals surface area contributed by atoms with E-state index in [1.165, 1.54) is 30.1 Å². The quantitative estimate of drug-likeness (QED) is 0.599. The molecule has 0 aliphatic rings. The van der Waals surface area contributed by atoms with Crippen molar-refractivity contribution < 1.29 is 9.72 Å². The summed E-state index contributed by atoms with van der Waals surface area (Å²) in [6.45, 7) is 1.92. The average molecular weight is 247 g/mol. The van der Waals surface area contributed by atoms with Crippen molar-refractivity contribution in [2.75, 3.05) is 13.6 Å². The molecule has 1 rings (SSSR count). The highest BCUT2D eigenvalue weighted by Crippen LogP contribution is 2.19. The summed E-state index contributed by atoms with van der Waals surface area (Å²) in [5.41, 5.74) is -0.186. The van der Waals surface area contributed by atoms with Gasteiger partial charge in [-0.2, -0.15) is 5.26 Å². The number of nitrogens with zero attached hydrogens (tertiary/aromatic N) is 3. The second-order valence-electron chi connectivity index (χ2n) is 3.99. The molecule has 1 amide bonds. The molecule has 0 bridgehead atoms. The summed E-state index contributed by atoms with van der Waals surface area (Å²) in [6.07, 6.45) is 0. The van der Waals surface area contributed by atoms with Crippen LogP contribution in [0.3, 0.4) is 0 Å². The molecule has 6 nitrogen and oxygen atoms in total. The largest absolute Gasteiger partial charge is 0.340 e. The normalized spacial score (nSPS) is 11.4. The molecule has 0 N–H and O–H groups in total. The third-order valence-electron chi connectivity index (χ3n) is 2.45. The fourth-order valence-electron chi connectivity index (χ4n) is 1.55. The van der Waals surface area contributed by atoms with Crippen LogP contribution in [0.4, 0.5) is 5.69 Å². The minimum Gasteiger partial charge on any atom is -0.340 e. The number of carbonyl (C=O) groups excluding carboxylic acids is 1. The maximum atomic E-state index is 12.0. The summed E-state index contributed by atoms with van der Waals surface area (Å²) in [5, 5.41) is 19.5. The molecule has 0 aliphatic carbocycles. The maximum Gasteiger partial charge on any atom is 0.282 e. The summed E-state index contributed by atoms with van der Waals surface area (Å²) in [5.74, 6) is -0.772. The lowest BCUT2D eigenvalue weighted by atomic mass is 10.1. The number of carbonyl (C=O) groups is 1. The first-order valence-corrected chi connectivity index (χ1v) is 5.36. The van der Waals surface area contributed by atoms with Gasteiger partial charge in [-0.1, -0.05) is 12.1 Å². The Balaban J connectivity index is 2.98. The summed E-state index contributed by atoms with van der Waals surface area (Å²) < 4.78 is 0. The van der Waals surface area contributed by atoms with Crippen molar-refractivity contribution in [1.29, 1.82) is 5.26 Å². The Kier molecular flexibility index (Phi) is 4.38. The Bertz CT molecular complexity index is 508. The molecule has 0 heterocycles. The average Bonchev–Trinajstić information content (AvgIpc) is 2.37. The molecule has 1 aromatic carbocycles. The van der Waals surface area contributed by atoms with Crippen LogP contribution in [0.15, 0.2) is 24.3 Å². The fourth-order valence-corrected chi connectivity index (χ4v) is 1.55. The number of benzene rings is 1. The van der Waals surface area contributed by atoms with Crippen LogP contribution >= 0.6 is 0 Å². The van der Waals surface area contributed by atoms with E-state index in [-0.39, 0.29) is 23.7 Å². The topological polar surface area (TPSA) is 87.2 Å². The van der Waals surface area contributed by atoms with Crippen LogP contribution in [0.2, 0.25) is 0 Å². The SMILES string of the molecule is CC(C#N)CN(C)C(=O)c1ccccc1[N+](=O)[O-]. The number of amides is 1. The summed E-state index contributed by atoms with van der Waals surface area (Å²) in [7, 11) is 1.52. The van der Waals surface area contributed by atoms with Gasteiger partial charge in [-0.05, 0) is 13.0 Å². The number of para-hydroxylation sites is 1. The van der Waals surface area contributed by atoms with Gasteiger partial charge in [0.1, 0.15) is 5.56 Å². The number of hydrogen-bond acceptors (Lipinski definition) is 4. The number of rotatable bonds is 4. The molecule has 1 atom stereocenters. The third kappa shape index (κ3) is 3.04. The van der Waals surface area contributed by atoms with E-state index in [0.29, 0.717) is 0 Å². The summed E-state index contributed by atoms with van der Waals surface area (Å²) in [4.78, 5) is 23.6. The van der Waals surface area contributed by atoms with Crippen molar-refractivity contribution >= 4 is 11.6 Å². The molecule has 0 saturated carbocycles. The monoisotopic (exact) mass is 247 g/mol. The highest BCUT2D eigenvalue weighted by atomic mass is 16.6. The second kappa shape index (κ2) is 5.77. The Morgan fingerprint density at radius 3 is 2.72 bits per heavy atom. The van der Waals surface area contributed by atoms with E-state index in [9.17, 15) is 14.9 Å². The van der Waals surface area contributed by atoms with Gasteiger partial charge >= 0.3 is 0 Å². The molecule has 0 radical (unpaired) electrons. The first-order chi connectivity index (χ1) is 8.47. The van der Waals surface area contributed by atoms with Gasteiger partial charge < -0.3 is 4.90 Å². The van der Waals surface area contributed by atoms with Crippen LogP contribution in [0, 0.1) is 27.4 Å². The number of hydrogen-bond donors (Lipinski definition) is 0. The van der Waals surface area contributed by atoms with Gasteiger partial charge in [0, 0.05) is 19.7 Å². The number of nitro benzene ring substituents is 1. The Morgan fingerprint density at radius 2 is 2.17 bits per heavy atom.